The van der Waals surface area contributed by atoms with Crippen LogP contribution >= 0.6 is 0 Å². The fraction of sp³-hybridized carbons (Fsp3) is 0.923. The minimum Gasteiger partial charge on any atom is -0.361 e. The maximum Gasteiger partial charge on any atom is 0.318 e. The van der Waals surface area contributed by atoms with Gasteiger partial charge in [-0.2, -0.15) is 0 Å². The third-order valence-corrected chi connectivity index (χ3v) is 2.45. The van der Waals surface area contributed by atoms with Gasteiger partial charge in [0.15, 0.2) is 0 Å². The van der Waals surface area contributed by atoms with Gasteiger partial charge >= 0.3 is 6.03 Å². The zero-order chi connectivity index (χ0) is 13.5. The maximum atomic E-state index is 11.2. The van der Waals surface area contributed by atoms with Crippen molar-refractivity contribution in [3.05, 3.63) is 0 Å². The Morgan fingerprint density at radius 1 is 0.833 bits per heavy atom. The summed E-state index contributed by atoms with van der Waals surface area (Å²) in [6.07, 6.45) is 6.76. The highest BCUT2D eigenvalue weighted by Crippen LogP contribution is 1.93. The number of nitrogens with one attached hydrogen (secondary N) is 2. The molecule has 0 unspecified atom stereocenters. The molecule has 0 fully saturated rings. The second kappa shape index (κ2) is 14.3. The van der Waals surface area contributed by atoms with Crippen LogP contribution < -0.4 is 10.6 Å². The molecule has 0 rings (SSSR count). The van der Waals surface area contributed by atoms with Gasteiger partial charge in [0, 0.05) is 13.2 Å². The fourth-order valence-electron chi connectivity index (χ4n) is 1.35. The van der Waals surface area contributed by atoms with Gasteiger partial charge in [0.2, 0.25) is 0 Å². The zero-order valence-corrected chi connectivity index (χ0v) is 11.8. The number of rotatable bonds is 12. The van der Waals surface area contributed by atoms with E-state index in [4.69, 9.17) is 9.47 Å². The lowest BCUT2D eigenvalue weighted by atomic mass is 10.3. The second-order valence-corrected chi connectivity index (χ2v) is 4.20. The average molecular weight is 260 g/mol. The molecule has 5 heteroatoms. The Kier molecular flexibility index (Phi) is 13.6. The summed E-state index contributed by atoms with van der Waals surface area (Å²) >= 11 is 0. The van der Waals surface area contributed by atoms with Crippen molar-refractivity contribution in [2.75, 3.05) is 26.7 Å². The molecule has 0 heterocycles. The molecule has 2 amide bonds. The van der Waals surface area contributed by atoms with E-state index in [1.807, 2.05) is 0 Å². The lowest BCUT2D eigenvalue weighted by Gasteiger charge is -2.08. The highest BCUT2D eigenvalue weighted by atomic mass is 16.5. The van der Waals surface area contributed by atoms with Crippen molar-refractivity contribution in [1.29, 1.82) is 0 Å². The molecule has 0 radical (unpaired) electrons. The molecule has 0 spiro atoms. The summed E-state index contributed by atoms with van der Waals surface area (Å²) in [5, 5.41) is 5.22. The van der Waals surface area contributed by atoms with Crippen molar-refractivity contribution in [3.8, 4) is 0 Å². The van der Waals surface area contributed by atoms with E-state index >= 15 is 0 Å². The number of hydrogen-bond donors (Lipinski definition) is 2. The summed E-state index contributed by atoms with van der Waals surface area (Å²) in [5.74, 6) is 0. The third-order valence-electron chi connectivity index (χ3n) is 2.45. The summed E-state index contributed by atoms with van der Waals surface area (Å²) < 4.78 is 10.5. The minimum atomic E-state index is -0.249. The highest BCUT2D eigenvalue weighted by molar-refractivity contribution is 5.73. The summed E-state index contributed by atoms with van der Waals surface area (Å²) in [5.41, 5.74) is 0. The maximum absolute atomic E-state index is 11.2. The van der Waals surface area contributed by atoms with Crippen molar-refractivity contribution in [2.24, 2.45) is 0 Å². The van der Waals surface area contributed by atoms with Gasteiger partial charge in [-0.1, -0.05) is 39.5 Å². The lowest BCUT2D eigenvalue weighted by molar-refractivity contribution is 0.103. The van der Waals surface area contributed by atoms with Gasteiger partial charge < -0.3 is 20.1 Å². The Balaban J connectivity index is 3.12. The first-order valence-corrected chi connectivity index (χ1v) is 6.98. The van der Waals surface area contributed by atoms with Crippen LogP contribution in [0.1, 0.15) is 52.4 Å². The Hall–Kier alpha value is -0.810. The van der Waals surface area contributed by atoms with E-state index < -0.39 is 0 Å². The van der Waals surface area contributed by atoms with Gasteiger partial charge in [-0.3, -0.25) is 0 Å². The van der Waals surface area contributed by atoms with Crippen molar-refractivity contribution >= 4 is 6.03 Å². The van der Waals surface area contributed by atoms with Gasteiger partial charge in [0.05, 0.1) is 0 Å². The van der Waals surface area contributed by atoms with Crippen molar-refractivity contribution in [1.82, 2.24) is 10.6 Å². The second-order valence-electron chi connectivity index (χ2n) is 4.20. The first kappa shape index (κ1) is 17.2. The molecular weight excluding hydrogens is 232 g/mol. The number of amides is 2. The van der Waals surface area contributed by atoms with E-state index in [0.717, 1.165) is 25.7 Å². The van der Waals surface area contributed by atoms with Crippen LogP contribution in [0.2, 0.25) is 0 Å². The Morgan fingerprint density at radius 3 is 1.67 bits per heavy atom. The topological polar surface area (TPSA) is 59.6 Å². The van der Waals surface area contributed by atoms with Crippen molar-refractivity contribution in [2.45, 2.75) is 52.4 Å². The van der Waals surface area contributed by atoms with Gasteiger partial charge in [-0.25, -0.2) is 4.79 Å². The van der Waals surface area contributed by atoms with Crippen LogP contribution in [0, 0.1) is 0 Å². The summed E-state index contributed by atoms with van der Waals surface area (Å²) in [6.45, 7) is 6.19. The first-order valence-electron chi connectivity index (χ1n) is 6.98. The van der Waals surface area contributed by atoms with E-state index in [1.54, 1.807) is 0 Å². The minimum absolute atomic E-state index is 0.249. The fourth-order valence-corrected chi connectivity index (χ4v) is 1.35. The van der Waals surface area contributed by atoms with Gasteiger partial charge in [0.1, 0.15) is 13.5 Å². The lowest BCUT2D eigenvalue weighted by Crippen LogP contribution is -2.38. The van der Waals surface area contributed by atoms with Crippen LogP contribution in [-0.2, 0) is 9.47 Å². The molecule has 0 aliphatic carbocycles. The number of carbonyl (C=O) groups is 1. The number of hydrogen-bond acceptors (Lipinski definition) is 3. The van der Waals surface area contributed by atoms with E-state index in [9.17, 15) is 4.79 Å². The summed E-state index contributed by atoms with van der Waals surface area (Å²) in [6, 6.07) is -0.249. The summed E-state index contributed by atoms with van der Waals surface area (Å²) in [7, 11) is 0. The van der Waals surface area contributed by atoms with Crippen LogP contribution in [-0.4, -0.2) is 32.7 Å². The van der Waals surface area contributed by atoms with E-state index in [-0.39, 0.29) is 19.5 Å². The summed E-state index contributed by atoms with van der Waals surface area (Å²) in [4.78, 5) is 11.2. The molecule has 0 saturated carbocycles. The number of urea groups is 1. The van der Waals surface area contributed by atoms with Crippen LogP contribution in [0.4, 0.5) is 4.79 Å². The Bertz CT molecular complexity index is 171. The first-order chi connectivity index (χ1) is 8.81. The molecule has 0 aliphatic rings. The van der Waals surface area contributed by atoms with E-state index in [0.29, 0.717) is 13.2 Å². The Morgan fingerprint density at radius 2 is 1.28 bits per heavy atom. The largest absolute Gasteiger partial charge is 0.361 e. The number of ether oxygens (including phenoxy) is 2. The molecule has 0 aromatic rings. The quantitative estimate of drug-likeness (QED) is 0.419. The van der Waals surface area contributed by atoms with Gasteiger partial charge in [-0.15, -0.1) is 0 Å². The van der Waals surface area contributed by atoms with Crippen LogP contribution in [0.3, 0.4) is 0 Å². The molecule has 0 aliphatic heterocycles. The zero-order valence-electron chi connectivity index (χ0n) is 11.8. The van der Waals surface area contributed by atoms with Crippen LogP contribution in [0.15, 0.2) is 0 Å². The molecule has 0 aromatic heterocycles. The molecule has 2 N–H and O–H groups in total. The van der Waals surface area contributed by atoms with Gasteiger partial charge in [0.25, 0.3) is 0 Å². The molecule has 0 aromatic carbocycles. The number of carbonyl (C=O) groups excluding carboxylic acids is 1. The van der Waals surface area contributed by atoms with Crippen molar-refractivity contribution in [3.63, 3.8) is 0 Å². The molecule has 0 bridgehead atoms. The highest BCUT2D eigenvalue weighted by Gasteiger charge is 1.97. The average Bonchev–Trinajstić information content (AvgIpc) is 2.38. The molecule has 5 nitrogen and oxygen atoms in total. The third kappa shape index (κ3) is 13.3. The van der Waals surface area contributed by atoms with E-state index in [2.05, 4.69) is 24.5 Å². The SMILES string of the molecule is CCCCCOCNC(=O)NCOCCCCC. The number of unbranched alkanes of at least 4 members (excludes halogenated alkanes) is 4. The molecule has 108 valence electrons. The normalized spacial score (nSPS) is 10.3. The van der Waals surface area contributed by atoms with Gasteiger partial charge in [-0.05, 0) is 12.8 Å². The smallest absolute Gasteiger partial charge is 0.318 e. The predicted molar refractivity (Wildman–Crippen MR) is 72.4 cm³/mol. The molecule has 0 saturated heterocycles. The van der Waals surface area contributed by atoms with E-state index in [1.165, 1.54) is 12.8 Å². The predicted octanol–water partition coefficient (Wildman–Crippen LogP) is 2.61. The molecule has 0 atom stereocenters. The van der Waals surface area contributed by atoms with Crippen LogP contribution in [0.5, 0.6) is 0 Å². The molecule has 18 heavy (non-hydrogen) atoms. The monoisotopic (exact) mass is 260 g/mol. The molecular formula is C13H28N2O3. The standard InChI is InChI=1S/C13H28N2O3/c1-3-5-7-9-17-11-14-13(16)15-12-18-10-8-6-4-2/h3-12H2,1-2H3,(H2,14,15,16). The van der Waals surface area contributed by atoms with Crippen molar-refractivity contribution < 1.29 is 14.3 Å². The van der Waals surface area contributed by atoms with Crippen LogP contribution in [0.25, 0.3) is 0 Å². The Labute approximate surface area is 111 Å².